The third-order valence-electron chi connectivity index (χ3n) is 1.64. The first-order valence-corrected chi connectivity index (χ1v) is 7.70. The van der Waals surface area contributed by atoms with Gasteiger partial charge in [-0.1, -0.05) is 25.7 Å². The van der Waals surface area contributed by atoms with Crippen LogP contribution in [0.3, 0.4) is 0 Å². The highest BCUT2D eigenvalue weighted by Crippen LogP contribution is 2.16. The SMILES string of the molecule is C[Si](C)(C)CCC(C#N)C(=O)O. The van der Waals surface area contributed by atoms with Crippen molar-refractivity contribution in [3.8, 4) is 6.07 Å². The predicted molar refractivity (Wildman–Crippen MR) is 49.5 cm³/mol. The fourth-order valence-corrected chi connectivity index (χ4v) is 1.98. The van der Waals surface area contributed by atoms with E-state index in [1.807, 2.05) is 0 Å². The normalized spacial score (nSPS) is 13.5. The quantitative estimate of drug-likeness (QED) is 0.681. The summed E-state index contributed by atoms with van der Waals surface area (Å²) in [6.07, 6.45) is 0.502. The van der Waals surface area contributed by atoms with Gasteiger partial charge in [0.05, 0.1) is 6.07 Å². The molecule has 0 amide bonds. The Hall–Kier alpha value is -0.823. The Morgan fingerprint density at radius 2 is 2.08 bits per heavy atom. The van der Waals surface area contributed by atoms with Crippen LogP contribution in [0.2, 0.25) is 25.7 Å². The highest BCUT2D eigenvalue weighted by molar-refractivity contribution is 6.76. The molecule has 0 rings (SSSR count). The van der Waals surface area contributed by atoms with Crippen LogP contribution in [0.1, 0.15) is 6.42 Å². The number of nitriles is 1. The van der Waals surface area contributed by atoms with Crippen molar-refractivity contribution in [1.82, 2.24) is 0 Å². The van der Waals surface area contributed by atoms with E-state index in [0.717, 1.165) is 6.04 Å². The van der Waals surface area contributed by atoms with Gasteiger partial charge in [-0.15, -0.1) is 0 Å². The number of carboxylic acids is 1. The van der Waals surface area contributed by atoms with Crippen LogP contribution in [0.15, 0.2) is 0 Å². The molecule has 0 fully saturated rings. The maximum absolute atomic E-state index is 10.4. The molecular formula is C8H15NO2Si. The predicted octanol–water partition coefficient (Wildman–Crippen LogP) is 1.94. The summed E-state index contributed by atoms with van der Waals surface area (Å²) >= 11 is 0. The van der Waals surface area contributed by atoms with E-state index in [9.17, 15) is 4.79 Å². The topological polar surface area (TPSA) is 61.1 Å². The number of hydrogen-bond acceptors (Lipinski definition) is 2. The van der Waals surface area contributed by atoms with E-state index < -0.39 is 20.0 Å². The maximum atomic E-state index is 10.4. The van der Waals surface area contributed by atoms with Gasteiger partial charge >= 0.3 is 5.97 Å². The Kier molecular flexibility index (Phi) is 3.97. The summed E-state index contributed by atoms with van der Waals surface area (Å²) in [6, 6.07) is 2.70. The van der Waals surface area contributed by atoms with Crippen LogP contribution in [-0.4, -0.2) is 19.1 Å². The van der Waals surface area contributed by atoms with Gasteiger partial charge in [0.25, 0.3) is 0 Å². The Labute approximate surface area is 74.0 Å². The molecule has 0 saturated heterocycles. The van der Waals surface area contributed by atoms with Crippen molar-refractivity contribution >= 4 is 14.0 Å². The minimum Gasteiger partial charge on any atom is -0.480 e. The lowest BCUT2D eigenvalue weighted by atomic mass is 10.1. The first-order valence-electron chi connectivity index (χ1n) is 3.99. The molecule has 1 unspecified atom stereocenters. The minimum absolute atomic E-state index is 0.502. The van der Waals surface area contributed by atoms with E-state index >= 15 is 0 Å². The highest BCUT2D eigenvalue weighted by Gasteiger charge is 2.21. The number of rotatable bonds is 4. The van der Waals surface area contributed by atoms with Crippen molar-refractivity contribution in [2.45, 2.75) is 32.1 Å². The average molecular weight is 185 g/mol. The van der Waals surface area contributed by atoms with Crippen LogP contribution in [0, 0.1) is 17.2 Å². The van der Waals surface area contributed by atoms with Gasteiger partial charge in [0.15, 0.2) is 0 Å². The molecule has 0 bridgehead atoms. The first kappa shape index (κ1) is 11.2. The Balaban J connectivity index is 3.92. The van der Waals surface area contributed by atoms with Crippen LogP contribution in [0.5, 0.6) is 0 Å². The molecule has 0 aliphatic rings. The van der Waals surface area contributed by atoms with Crippen LogP contribution < -0.4 is 0 Å². The first-order chi connectivity index (χ1) is 5.37. The van der Waals surface area contributed by atoms with Crippen LogP contribution >= 0.6 is 0 Å². The number of carbonyl (C=O) groups is 1. The summed E-state index contributed by atoms with van der Waals surface area (Å²) in [6.45, 7) is 6.51. The van der Waals surface area contributed by atoms with Crippen molar-refractivity contribution in [2.75, 3.05) is 0 Å². The van der Waals surface area contributed by atoms with Crippen LogP contribution in [0.25, 0.3) is 0 Å². The van der Waals surface area contributed by atoms with Crippen LogP contribution in [0.4, 0.5) is 0 Å². The second kappa shape index (κ2) is 4.26. The molecule has 1 atom stereocenters. The van der Waals surface area contributed by atoms with E-state index in [1.165, 1.54) is 0 Å². The van der Waals surface area contributed by atoms with E-state index in [2.05, 4.69) is 19.6 Å². The van der Waals surface area contributed by atoms with E-state index in [0.29, 0.717) is 6.42 Å². The average Bonchev–Trinajstić information content (AvgIpc) is 1.85. The molecule has 0 radical (unpaired) electrons. The standard InChI is InChI=1S/C8H15NO2Si/c1-12(2,3)5-4-7(6-9)8(10)11/h7H,4-5H2,1-3H3,(H,10,11). The van der Waals surface area contributed by atoms with Gasteiger partial charge in [0.1, 0.15) is 5.92 Å². The fraction of sp³-hybridized carbons (Fsp3) is 0.750. The van der Waals surface area contributed by atoms with E-state index in [1.54, 1.807) is 6.07 Å². The van der Waals surface area contributed by atoms with Crippen molar-refractivity contribution in [1.29, 1.82) is 5.26 Å². The molecule has 0 aromatic rings. The fourth-order valence-electron chi connectivity index (χ4n) is 0.821. The summed E-state index contributed by atoms with van der Waals surface area (Å²) in [7, 11) is -1.20. The second-order valence-electron chi connectivity index (χ2n) is 4.12. The van der Waals surface area contributed by atoms with Gasteiger partial charge in [-0.3, -0.25) is 4.79 Å². The molecule has 68 valence electrons. The van der Waals surface area contributed by atoms with Gasteiger partial charge in [-0.2, -0.15) is 5.26 Å². The molecule has 0 saturated carbocycles. The summed E-state index contributed by atoms with van der Waals surface area (Å²) in [5, 5.41) is 17.0. The lowest BCUT2D eigenvalue weighted by Crippen LogP contribution is -2.22. The van der Waals surface area contributed by atoms with Gasteiger partial charge < -0.3 is 5.11 Å². The van der Waals surface area contributed by atoms with Gasteiger partial charge in [-0.25, -0.2) is 0 Å². The number of carboxylic acid groups (broad SMARTS) is 1. The van der Waals surface area contributed by atoms with E-state index in [4.69, 9.17) is 10.4 Å². The van der Waals surface area contributed by atoms with Gasteiger partial charge in [0.2, 0.25) is 0 Å². The van der Waals surface area contributed by atoms with Crippen LogP contribution in [-0.2, 0) is 4.79 Å². The van der Waals surface area contributed by atoms with Gasteiger partial charge in [-0.05, 0) is 6.42 Å². The zero-order valence-corrected chi connectivity index (χ0v) is 8.79. The number of hydrogen-bond donors (Lipinski definition) is 1. The van der Waals surface area contributed by atoms with Crippen molar-refractivity contribution < 1.29 is 9.90 Å². The maximum Gasteiger partial charge on any atom is 0.320 e. The van der Waals surface area contributed by atoms with Crippen molar-refractivity contribution in [3.63, 3.8) is 0 Å². The third kappa shape index (κ3) is 4.91. The van der Waals surface area contributed by atoms with Gasteiger partial charge in [0, 0.05) is 8.07 Å². The smallest absolute Gasteiger partial charge is 0.320 e. The van der Waals surface area contributed by atoms with Crippen molar-refractivity contribution in [2.24, 2.45) is 5.92 Å². The summed E-state index contributed by atoms with van der Waals surface area (Å²) < 4.78 is 0. The molecule has 0 heterocycles. The third-order valence-corrected chi connectivity index (χ3v) is 3.43. The Morgan fingerprint density at radius 1 is 1.58 bits per heavy atom. The molecule has 0 aliphatic heterocycles. The molecule has 4 heteroatoms. The highest BCUT2D eigenvalue weighted by atomic mass is 28.3. The Bertz CT molecular complexity index is 202. The summed E-state index contributed by atoms with van der Waals surface area (Å²) in [5.41, 5.74) is 0. The second-order valence-corrected chi connectivity index (χ2v) is 9.74. The zero-order valence-electron chi connectivity index (χ0n) is 7.79. The molecule has 0 aromatic heterocycles. The molecule has 0 aliphatic carbocycles. The summed E-state index contributed by atoms with van der Waals surface area (Å²) in [4.78, 5) is 10.4. The molecule has 12 heavy (non-hydrogen) atoms. The molecular weight excluding hydrogens is 170 g/mol. The lowest BCUT2D eigenvalue weighted by Gasteiger charge is -2.15. The van der Waals surface area contributed by atoms with Crippen molar-refractivity contribution in [3.05, 3.63) is 0 Å². The Morgan fingerprint density at radius 3 is 2.33 bits per heavy atom. The zero-order chi connectivity index (χ0) is 9.78. The monoisotopic (exact) mass is 185 g/mol. The molecule has 3 nitrogen and oxygen atoms in total. The number of aliphatic carboxylic acids is 1. The molecule has 0 aromatic carbocycles. The summed E-state index contributed by atoms with van der Waals surface area (Å²) in [5.74, 6) is -1.80. The van der Waals surface area contributed by atoms with E-state index in [-0.39, 0.29) is 0 Å². The largest absolute Gasteiger partial charge is 0.480 e. The minimum atomic E-state index is -1.20. The lowest BCUT2D eigenvalue weighted by molar-refractivity contribution is -0.139. The molecule has 1 N–H and O–H groups in total. The molecule has 0 spiro atoms. The number of nitrogens with zero attached hydrogens (tertiary/aromatic N) is 1.